The Labute approximate surface area is 142 Å². The molecule has 3 N–H and O–H groups in total. The molecule has 3 rings (SSSR count). The lowest BCUT2D eigenvalue weighted by Crippen LogP contribution is -2.22. The third-order valence-corrected chi connectivity index (χ3v) is 3.74. The zero-order chi connectivity index (χ0) is 16.4. The average Bonchev–Trinajstić information content (AvgIpc) is 2.52. The van der Waals surface area contributed by atoms with Crippen molar-refractivity contribution in [2.75, 3.05) is 11.1 Å². The molecule has 1 aromatic heterocycles. The molecule has 7 heteroatoms. The Balaban J connectivity index is 1.99. The van der Waals surface area contributed by atoms with Gasteiger partial charge < -0.3 is 11.1 Å². The zero-order valence-corrected chi connectivity index (χ0v) is 13.3. The van der Waals surface area contributed by atoms with Crippen LogP contribution < -0.4 is 16.6 Å². The molecule has 2 aromatic carbocycles. The van der Waals surface area contributed by atoms with Crippen LogP contribution in [0.25, 0.3) is 5.69 Å². The highest BCUT2D eigenvalue weighted by atomic mass is 35.5. The summed E-state index contributed by atoms with van der Waals surface area (Å²) in [4.78, 5) is 12.4. The number of anilines is 3. The van der Waals surface area contributed by atoms with Gasteiger partial charge >= 0.3 is 0 Å². The van der Waals surface area contributed by atoms with Crippen molar-refractivity contribution in [3.05, 3.63) is 75.1 Å². The van der Waals surface area contributed by atoms with Crippen molar-refractivity contribution >= 4 is 40.3 Å². The monoisotopic (exact) mass is 346 g/mol. The van der Waals surface area contributed by atoms with Gasteiger partial charge in [-0.1, -0.05) is 35.3 Å². The summed E-state index contributed by atoms with van der Waals surface area (Å²) in [6.45, 7) is 0. The van der Waals surface area contributed by atoms with Gasteiger partial charge in [0.2, 0.25) is 0 Å². The maximum Gasteiger partial charge on any atom is 0.292 e. The molecule has 0 amide bonds. The summed E-state index contributed by atoms with van der Waals surface area (Å²) < 4.78 is 1.19. The number of rotatable bonds is 3. The molecule has 0 saturated carbocycles. The van der Waals surface area contributed by atoms with Gasteiger partial charge in [0.05, 0.1) is 17.6 Å². The molecule has 0 saturated heterocycles. The zero-order valence-electron chi connectivity index (χ0n) is 11.8. The maximum absolute atomic E-state index is 12.4. The molecule has 0 aliphatic heterocycles. The van der Waals surface area contributed by atoms with Crippen molar-refractivity contribution in [2.24, 2.45) is 0 Å². The molecule has 0 aliphatic carbocycles. The number of nitrogens with one attached hydrogen (secondary N) is 1. The van der Waals surface area contributed by atoms with Crippen LogP contribution in [-0.2, 0) is 0 Å². The number of aromatic nitrogens is 2. The van der Waals surface area contributed by atoms with E-state index < -0.39 is 5.56 Å². The second-order valence-corrected chi connectivity index (χ2v) is 5.63. The Morgan fingerprint density at radius 3 is 2.61 bits per heavy atom. The minimum atomic E-state index is -0.442. The fraction of sp³-hybridized carbons (Fsp3) is 0. The lowest BCUT2D eigenvalue weighted by molar-refractivity contribution is 0.809. The molecule has 116 valence electrons. The van der Waals surface area contributed by atoms with E-state index in [4.69, 9.17) is 28.9 Å². The number of nitrogen functional groups attached to an aromatic ring is 1. The van der Waals surface area contributed by atoms with Crippen LogP contribution in [0.3, 0.4) is 0 Å². The molecule has 1 heterocycles. The summed E-state index contributed by atoms with van der Waals surface area (Å²) in [5.74, 6) is 0. The second kappa shape index (κ2) is 6.32. The largest absolute Gasteiger partial charge is 0.399 e. The highest BCUT2D eigenvalue weighted by Crippen LogP contribution is 2.23. The SMILES string of the molecule is Nc1cccc(Nc2cnn(-c3cccc(Cl)c3)c(=O)c2Cl)c1. The molecule has 0 spiro atoms. The van der Waals surface area contributed by atoms with Gasteiger partial charge in [-0.15, -0.1) is 0 Å². The number of nitrogens with zero attached hydrogens (tertiary/aromatic N) is 2. The lowest BCUT2D eigenvalue weighted by Gasteiger charge is -2.11. The van der Waals surface area contributed by atoms with E-state index in [2.05, 4.69) is 10.4 Å². The molecule has 0 fully saturated rings. The molecule has 0 atom stereocenters. The first-order chi connectivity index (χ1) is 11.0. The van der Waals surface area contributed by atoms with E-state index in [1.807, 2.05) is 6.07 Å². The van der Waals surface area contributed by atoms with Crippen molar-refractivity contribution in [3.63, 3.8) is 0 Å². The molecule has 0 unspecified atom stereocenters. The fourth-order valence-electron chi connectivity index (χ4n) is 2.08. The van der Waals surface area contributed by atoms with Gasteiger partial charge in [-0.25, -0.2) is 0 Å². The summed E-state index contributed by atoms with van der Waals surface area (Å²) >= 11 is 12.1. The molecule has 0 aliphatic rings. The minimum Gasteiger partial charge on any atom is -0.399 e. The predicted octanol–water partition coefficient (Wildman–Crippen LogP) is 3.87. The highest BCUT2D eigenvalue weighted by molar-refractivity contribution is 6.33. The van der Waals surface area contributed by atoms with Gasteiger partial charge in [0.1, 0.15) is 5.02 Å². The van der Waals surface area contributed by atoms with Crippen molar-refractivity contribution in [1.29, 1.82) is 0 Å². The Bertz CT molecular complexity index is 924. The van der Waals surface area contributed by atoms with Crippen molar-refractivity contribution in [2.45, 2.75) is 0 Å². The van der Waals surface area contributed by atoms with Crippen LogP contribution in [-0.4, -0.2) is 9.78 Å². The standard InChI is InChI=1S/C16H12Cl2N4O/c17-10-3-1-6-13(7-10)22-16(23)15(18)14(9-20-22)21-12-5-2-4-11(19)8-12/h1-9,21H,19H2. The molecule has 23 heavy (non-hydrogen) atoms. The van der Waals surface area contributed by atoms with Crippen molar-refractivity contribution in [1.82, 2.24) is 9.78 Å². The summed E-state index contributed by atoms with van der Waals surface area (Å²) in [5, 5.41) is 7.71. The summed E-state index contributed by atoms with van der Waals surface area (Å²) in [5.41, 5.74) is 7.55. The Morgan fingerprint density at radius 2 is 1.87 bits per heavy atom. The van der Waals surface area contributed by atoms with E-state index in [1.54, 1.807) is 42.5 Å². The first-order valence-electron chi connectivity index (χ1n) is 6.71. The van der Waals surface area contributed by atoms with Gasteiger partial charge in [-0.3, -0.25) is 4.79 Å². The van der Waals surface area contributed by atoms with E-state index in [9.17, 15) is 4.79 Å². The van der Waals surface area contributed by atoms with Crippen LogP contribution >= 0.6 is 23.2 Å². The normalized spacial score (nSPS) is 10.5. The Kier molecular flexibility index (Phi) is 4.23. The van der Waals surface area contributed by atoms with Crippen LogP contribution in [0.2, 0.25) is 10.0 Å². The number of benzene rings is 2. The third-order valence-electron chi connectivity index (χ3n) is 3.14. The first kappa shape index (κ1) is 15.4. The molecular weight excluding hydrogens is 335 g/mol. The van der Waals surface area contributed by atoms with Crippen molar-refractivity contribution < 1.29 is 0 Å². The summed E-state index contributed by atoms with van der Waals surface area (Å²) in [7, 11) is 0. The smallest absolute Gasteiger partial charge is 0.292 e. The van der Waals surface area contributed by atoms with Gasteiger partial charge in [-0.05, 0) is 36.4 Å². The van der Waals surface area contributed by atoms with E-state index in [0.717, 1.165) is 0 Å². The van der Waals surface area contributed by atoms with E-state index in [1.165, 1.54) is 10.9 Å². The van der Waals surface area contributed by atoms with Gasteiger partial charge in [0, 0.05) is 16.4 Å². The van der Waals surface area contributed by atoms with E-state index in [-0.39, 0.29) is 5.02 Å². The number of halogens is 2. The topological polar surface area (TPSA) is 72.9 Å². The van der Waals surface area contributed by atoms with Crippen LogP contribution in [0.15, 0.2) is 59.5 Å². The van der Waals surface area contributed by atoms with Crippen LogP contribution in [0.1, 0.15) is 0 Å². The molecule has 0 radical (unpaired) electrons. The second-order valence-electron chi connectivity index (χ2n) is 4.82. The lowest BCUT2D eigenvalue weighted by atomic mass is 10.2. The quantitative estimate of drug-likeness (QED) is 0.706. The van der Waals surface area contributed by atoms with Crippen LogP contribution in [0.4, 0.5) is 17.1 Å². The van der Waals surface area contributed by atoms with Gasteiger partial charge in [0.15, 0.2) is 0 Å². The maximum atomic E-state index is 12.4. The van der Waals surface area contributed by atoms with Crippen LogP contribution in [0, 0.1) is 0 Å². The highest BCUT2D eigenvalue weighted by Gasteiger charge is 2.11. The molecule has 3 aromatic rings. The number of nitrogens with two attached hydrogens (primary N) is 1. The van der Waals surface area contributed by atoms with Gasteiger partial charge in [-0.2, -0.15) is 9.78 Å². The summed E-state index contributed by atoms with van der Waals surface area (Å²) in [6, 6.07) is 13.9. The average molecular weight is 347 g/mol. The van der Waals surface area contributed by atoms with Gasteiger partial charge in [0.25, 0.3) is 5.56 Å². The Morgan fingerprint density at radius 1 is 1.09 bits per heavy atom. The summed E-state index contributed by atoms with van der Waals surface area (Å²) in [6.07, 6.45) is 1.48. The Hall–Kier alpha value is -2.50. The molecular formula is C16H12Cl2N4O. The third kappa shape index (κ3) is 3.31. The minimum absolute atomic E-state index is 0.0300. The van der Waals surface area contributed by atoms with Crippen molar-refractivity contribution in [3.8, 4) is 5.69 Å². The number of hydrogen-bond donors (Lipinski definition) is 2. The predicted molar refractivity (Wildman–Crippen MR) is 94.0 cm³/mol. The number of hydrogen-bond acceptors (Lipinski definition) is 4. The molecule has 0 bridgehead atoms. The molecule has 5 nitrogen and oxygen atoms in total. The van der Waals surface area contributed by atoms with E-state index in [0.29, 0.717) is 27.8 Å². The fourth-order valence-corrected chi connectivity index (χ4v) is 2.44. The van der Waals surface area contributed by atoms with E-state index >= 15 is 0 Å². The first-order valence-corrected chi connectivity index (χ1v) is 7.46. The van der Waals surface area contributed by atoms with Crippen LogP contribution in [0.5, 0.6) is 0 Å².